The summed E-state index contributed by atoms with van der Waals surface area (Å²) in [5.74, 6) is 0. The smallest absolute Gasteiger partial charge is 0.0291 e. The van der Waals surface area contributed by atoms with Gasteiger partial charge in [-0.05, 0) is 31.2 Å². The molecule has 0 aliphatic rings. The molecule has 0 fully saturated rings. The minimum absolute atomic E-state index is 0.973. The molecule has 1 radical (unpaired) electrons. The van der Waals surface area contributed by atoms with E-state index in [9.17, 15) is 0 Å². The van der Waals surface area contributed by atoms with Gasteiger partial charge in [0, 0.05) is 5.37 Å². The molecule has 14 heavy (non-hydrogen) atoms. The van der Waals surface area contributed by atoms with Gasteiger partial charge in [-0.25, -0.2) is 0 Å². The predicted octanol–water partition coefficient (Wildman–Crippen LogP) is 4.06. The molecule has 75 valence electrons. The lowest BCUT2D eigenvalue weighted by Gasteiger charge is -2.00. The summed E-state index contributed by atoms with van der Waals surface area (Å²) in [4.78, 5) is 0. The predicted molar refractivity (Wildman–Crippen MR) is 65.8 cm³/mol. The first-order valence-corrected chi connectivity index (χ1v) is 5.73. The molecule has 0 spiro atoms. The zero-order chi connectivity index (χ0) is 10.1. The molecule has 0 N–H and O–H groups in total. The summed E-state index contributed by atoms with van der Waals surface area (Å²) in [5.41, 5.74) is 1.45. The summed E-state index contributed by atoms with van der Waals surface area (Å²) in [6.45, 7) is 0. The molecule has 1 rings (SSSR count). The molecule has 0 unspecified atom stereocenters. The van der Waals surface area contributed by atoms with E-state index in [1.54, 1.807) is 0 Å². The van der Waals surface area contributed by atoms with Gasteiger partial charge in [0.05, 0.1) is 0 Å². The molecule has 0 bridgehead atoms. The van der Waals surface area contributed by atoms with E-state index in [1.165, 1.54) is 37.7 Å². The molecule has 0 aromatic heterocycles. The number of hydrogen-bond donors (Lipinski definition) is 0. The molecule has 0 saturated carbocycles. The molecule has 0 saturated heterocycles. The Bertz CT molecular complexity index is 241. The topological polar surface area (TPSA) is 0 Å². The second kappa shape index (κ2) is 7.69. The molecule has 0 nitrogen and oxygen atoms in total. The van der Waals surface area contributed by atoms with E-state index in [4.69, 9.17) is 0 Å². The Morgan fingerprint density at radius 1 is 0.929 bits per heavy atom. The zero-order valence-electron chi connectivity index (χ0n) is 8.54. The van der Waals surface area contributed by atoms with Crippen molar-refractivity contribution in [1.82, 2.24) is 0 Å². The number of thiocarbonyl (C=S) groups is 1. The van der Waals surface area contributed by atoms with Crippen LogP contribution in [0.1, 0.15) is 37.7 Å². The van der Waals surface area contributed by atoms with Gasteiger partial charge in [-0.15, -0.1) is 0 Å². The average Bonchev–Trinajstić information content (AvgIpc) is 2.25. The molecule has 0 aliphatic carbocycles. The van der Waals surface area contributed by atoms with Crippen molar-refractivity contribution in [2.45, 2.75) is 38.5 Å². The quantitative estimate of drug-likeness (QED) is 0.478. The van der Waals surface area contributed by atoms with Crippen LogP contribution >= 0.6 is 12.2 Å². The van der Waals surface area contributed by atoms with Crippen LogP contribution in [0.3, 0.4) is 0 Å². The summed E-state index contributed by atoms with van der Waals surface area (Å²) in [6.07, 6.45) is 7.28. The van der Waals surface area contributed by atoms with Gasteiger partial charge < -0.3 is 0 Å². The molecular weight excluding hydrogens is 188 g/mol. The Labute approximate surface area is 92.3 Å². The highest BCUT2D eigenvalue weighted by Gasteiger charge is 1.92. The van der Waals surface area contributed by atoms with Gasteiger partial charge >= 0.3 is 0 Å². The second-order valence-corrected chi connectivity index (χ2v) is 3.83. The first-order valence-electron chi connectivity index (χ1n) is 5.32. The van der Waals surface area contributed by atoms with E-state index in [0.717, 1.165) is 6.42 Å². The highest BCUT2D eigenvalue weighted by Crippen LogP contribution is 2.08. The zero-order valence-corrected chi connectivity index (χ0v) is 9.35. The third kappa shape index (κ3) is 5.13. The standard InChI is InChI=1S/C13H17S/c14-12-8-3-1-2-5-9-13-10-6-4-7-11-13/h4,6-7,10-11H,1-3,5,8-9H2. The van der Waals surface area contributed by atoms with Gasteiger partial charge in [0.25, 0.3) is 0 Å². The van der Waals surface area contributed by atoms with Crippen LogP contribution in [-0.2, 0) is 6.42 Å². The molecule has 0 aliphatic heterocycles. The van der Waals surface area contributed by atoms with Crippen molar-refractivity contribution in [3.05, 3.63) is 35.9 Å². The Kier molecular flexibility index (Phi) is 6.25. The summed E-state index contributed by atoms with van der Waals surface area (Å²) in [6, 6.07) is 10.7. The fraction of sp³-hybridized carbons (Fsp3) is 0.462. The largest absolute Gasteiger partial charge is 0.0837 e. The molecule has 1 aromatic carbocycles. The van der Waals surface area contributed by atoms with Crippen molar-refractivity contribution in [1.29, 1.82) is 0 Å². The van der Waals surface area contributed by atoms with E-state index in [-0.39, 0.29) is 0 Å². The summed E-state index contributed by atoms with van der Waals surface area (Å²) < 4.78 is 0. The maximum atomic E-state index is 4.66. The van der Waals surface area contributed by atoms with Crippen molar-refractivity contribution in [3.8, 4) is 0 Å². The van der Waals surface area contributed by atoms with Crippen molar-refractivity contribution in [3.63, 3.8) is 0 Å². The Balaban J connectivity index is 2.02. The number of hydrogen-bond acceptors (Lipinski definition) is 1. The fourth-order valence-electron chi connectivity index (χ4n) is 1.52. The van der Waals surface area contributed by atoms with Crippen LogP contribution in [0.25, 0.3) is 0 Å². The maximum Gasteiger partial charge on any atom is 0.0291 e. The Hall–Kier alpha value is -0.690. The first kappa shape index (κ1) is 11.4. The second-order valence-electron chi connectivity index (χ2n) is 3.54. The number of aryl methyl sites for hydroxylation is 1. The van der Waals surface area contributed by atoms with Gasteiger partial charge in [-0.3, -0.25) is 0 Å². The summed E-state index contributed by atoms with van der Waals surface area (Å²) in [5, 5.41) is 2.76. The van der Waals surface area contributed by atoms with Gasteiger partial charge in [0.2, 0.25) is 0 Å². The van der Waals surface area contributed by atoms with Crippen LogP contribution in [0.15, 0.2) is 30.3 Å². The minimum Gasteiger partial charge on any atom is -0.0837 e. The lowest BCUT2D eigenvalue weighted by Crippen LogP contribution is -1.85. The molecule has 0 heterocycles. The number of unbranched alkanes of at least 4 members (excludes halogenated alkanes) is 4. The molecule has 1 aromatic rings. The Morgan fingerprint density at radius 2 is 1.64 bits per heavy atom. The van der Waals surface area contributed by atoms with Gasteiger partial charge in [0.15, 0.2) is 0 Å². The van der Waals surface area contributed by atoms with Crippen LogP contribution in [0, 0.1) is 0 Å². The Morgan fingerprint density at radius 3 is 2.36 bits per heavy atom. The van der Waals surface area contributed by atoms with E-state index in [1.807, 2.05) is 0 Å². The van der Waals surface area contributed by atoms with Crippen molar-refractivity contribution in [2.75, 3.05) is 0 Å². The molecule has 0 amide bonds. The van der Waals surface area contributed by atoms with Crippen LogP contribution < -0.4 is 0 Å². The SMILES string of the molecule is S=[C]CCCCCCc1ccccc1. The van der Waals surface area contributed by atoms with Crippen molar-refractivity contribution >= 4 is 17.6 Å². The van der Waals surface area contributed by atoms with Crippen LogP contribution in [0.5, 0.6) is 0 Å². The fourth-order valence-corrected chi connectivity index (χ4v) is 1.67. The highest BCUT2D eigenvalue weighted by atomic mass is 32.1. The van der Waals surface area contributed by atoms with Crippen LogP contribution in [0.4, 0.5) is 0 Å². The molecule has 1 heteroatoms. The monoisotopic (exact) mass is 205 g/mol. The van der Waals surface area contributed by atoms with Crippen molar-refractivity contribution in [2.24, 2.45) is 0 Å². The van der Waals surface area contributed by atoms with Gasteiger partial charge in [-0.2, -0.15) is 0 Å². The highest BCUT2D eigenvalue weighted by molar-refractivity contribution is 7.78. The lowest BCUT2D eigenvalue weighted by molar-refractivity contribution is 0.655. The maximum absolute atomic E-state index is 4.66. The van der Waals surface area contributed by atoms with E-state index in [2.05, 4.69) is 47.9 Å². The normalized spacial score (nSPS) is 10.0. The number of benzene rings is 1. The van der Waals surface area contributed by atoms with E-state index < -0.39 is 0 Å². The van der Waals surface area contributed by atoms with E-state index >= 15 is 0 Å². The van der Waals surface area contributed by atoms with E-state index in [0.29, 0.717) is 0 Å². The van der Waals surface area contributed by atoms with Crippen LogP contribution in [0.2, 0.25) is 0 Å². The third-order valence-corrected chi connectivity index (χ3v) is 2.54. The van der Waals surface area contributed by atoms with Crippen LogP contribution in [-0.4, -0.2) is 5.37 Å². The lowest BCUT2D eigenvalue weighted by atomic mass is 10.1. The van der Waals surface area contributed by atoms with Gasteiger partial charge in [0.1, 0.15) is 0 Å². The minimum atomic E-state index is 0.973. The summed E-state index contributed by atoms with van der Waals surface area (Å²) >= 11 is 4.66. The molecule has 0 atom stereocenters. The first-order chi connectivity index (χ1) is 6.93. The average molecular weight is 205 g/mol. The van der Waals surface area contributed by atoms with Gasteiger partial charge in [-0.1, -0.05) is 55.4 Å². The third-order valence-electron chi connectivity index (χ3n) is 2.34. The number of rotatable bonds is 7. The summed E-state index contributed by atoms with van der Waals surface area (Å²) in [7, 11) is 0. The molecular formula is C13H17S. The van der Waals surface area contributed by atoms with Crippen molar-refractivity contribution < 1.29 is 0 Å².